The van der Waals surface area contributed by atoms with Crippen molar-refractivity contribution in [1.29, 1.82) is 0 Å². The Kier molecular flexibility index (Phi) is 4.24. The van der Waals surface area contributed by atoms with Crippen LogP contribution in [0.3, 0.4) is 0 Å². The zero-order valence-corrected chi connectivity index (χ0v) is 11.4. The second kappa shape index (κ2) is 6.10. The monoisotopic (exact) mass is 272 g/mol. The van der Waals surface area contributed by atoms with Crippen LogP contribution in [0, 0.1) is 5.92 Å². The molecule has 104 valence electrons. The van der Waals surface area contributed by atoms with Gasteiger partial charge in [0.25, 0.3) is 0 Å². The number of fused-ring (bicyclic) bond motifs is 1. The molecule has 1 aromatic heterocycles. The molecule has 0 fully saturated rings. The Labute approximate surface area is 116 Å². The van der Waals surface area contributed by atoms with Gasteiger partial charge in [0.1, 0.15) is 5.71 Å². The van der Waals surface area contributed by atoms with Crippen LogP contribution in [0.4, 0.5) is 5.82 Å². The molecule has 0 aliphatic carbocycles. The van der Waals surface area contributed by atoms with E-state index in [9.17, 15) is 4.79 Å². The van der Waals surface area contributed by atoms with Crippen LogP contribution >= 0.6 is 0 Å². The Balaban J connectivity index is 2.34. The van der Waals surface area contributed by atoms with Crippen LogP contribution in [0.5, 0.6) is 0 Å². The molecule has 6 nitrogen and oxygen atoms in total. The number of carboxylic acids is 1. The molecule has 1 unspecified atom stereocenters. The van der Waals surface area contributed by atoms with Crippen LogP contribution in [0.2, 0.25) is 0 Å². The maximum absolute atomic E-state index is 11.2. The van der Waals surface area contributed by atoms with Crippen molar-refractivity contribution in [2.24, 2.45) is 11.0 Å². The number of hydrazone groups is 1. The maximum Gasteiger partial charge on any atom is 0.352 e. The molecule has 2 rings (SSSR count). The van der Waals surface area contributed by atoms with Crippen molar-refractivity contribution in [3.8, 4) is 0 Å². The van der Waals surface area contributed by atoms with Crippen LogP contribution in [0.1, 0.15) is 20.3 Å². The molecule has 1 aromatic carbocycles. The number of rotatable bonds is 5. The summed E-state index contributed by atoms with van der Waals surface area (Å²) in [7, 11) is 0. The number of nitrogens with one attached hydrogen (secondary N) is 1. The molecule has 2 aromatic rings. The van der Waals surface area contributed by atoms with Crippen molar-refractivity contribution in [1.82, 2.24) is 10.2 Å². The van der Waals surface area contributed by atoms with E-state index in [-0.39, 0.29) is 11.6 Å². The molecule has 1 atom stereocenters. The molecular weight excluding hydrogens is 256 g/mol. The zero-order valence-electron chi connectivity index (χ0n) is 11.4. The number of aromatic nitrogens is 2. The Morgan fingerprint density at radius 1 is 1.45 bits per heavy atom. The summed E-state index contributed by atoms with van der Waals surface area (Å²) in [6.07, 6.45) is 2.35. The summed E-state index contributed by atoms with van der Waals surface area (Å²) in [5.41, 5.74) is 2.80. The summed E-state index contributed by atoms with van der Waals surface area (Å²) in [4.78, 5) is 11.2. The fourth-order valence-corrected chi connectivity index (χ4v) is 1.79. The van der Waals surface area contributed by atoms with Crippen LogP contribution in [0.25, 0.3) is 10.8 Å². The van der Waals surface area contributed by atoms with Gasteiger partial charge in [-0.1, -0.05) is 38.1 Å². The first kappa shape index (κ1) is 13.9. The molecule has 0 radical (unpaired) electrons. The molecule has 0 spiro atoms. The first-order chi connectivity index (χ1) is 9.63. The molecule has 0 aliphatic heterocycles. The zero-order chi connectivity index (χ0) is 14.5. The third kappa shape index (κ3) is 2.90. The lowest BCUT2D eigenvalue weighted by molar-refractivity contribution is -0.129. The average Bonchev–Trinajstić information content (AvgIpc) is 2.47. The van der Waals surface area contributed by atoms with E-state index in [0.717, 1.165) is 10.8 Å². The highest BCUT2D eigenvalue weighted by atomic mass is 16.4. The van der Waals surface area contributed by atoms with Gasteiger partial charge in [-0.25, -0.2) is 4.79 Å². The number of aliphatic carboxylic acids is 1. The molecule has 0 aliphatic rings. The Morgan fingerprint density at radius 3 is 2.90 bits per heavy atom. The summed E-state index contributed by atoms with van der Waals surface area (Å²) in [5, 5.41) is 22.7. The van der Waals surface area contributed by atoms with E-state index in [2.05, 4.69) is 20.7 Å². The number of carboxylic acid groups (broad SMARTS) is 1. The summed E-state index contributed by atoms with van der Waals surface area (Å²) in [5.74, 6) is -0.715. The van der Waals surface area contributed by atoms with Gasteiger partial charge >= 0.3 is 5.97 Å². The van der Waals surface area contributed by atoms with Gasteiger partial charge in [-0.05, 0) is 6.42 Å². The Bertz CT molecular complexity index is 649. The normalized spacial score (nSPS) is 13.2. The van der Waals surface area contributed by atoms with E-state index < -0.39 is 5.97 Å². The van der Waals surface area contributed by atoms with Gasteiger partial charge in [0.2, 0.25) is 0 Å². The van der Waals surface area contributed by atoms with Gasteiger partial charge in [0.15, 0.2) is 5.82 Å². The number of anilines is 1. The van der Waals surface area contributed by atoms with Crippen LogP contribution < -0.4 is 5.43 Å². The highest BCUT2D eigenvalue weighted by molar-refractivity contribution is 6.36. The van der Waals surface area contributed by atoms with Gasteiger partial charge in [-0.2, -0.15) is 10.2 Å². The van der Waals surface area contributed by atoms with Gasteiger partial charge in [0.05, 0.1) is 6.20 Å². The molecule has 0 bridgehead atoms. The lowest BCUT2D eigenvalue weighted by Gasteiger charge is -2.09. The minimum absolute atomic E-state index is 0.0854. The van der Waals surface area contributed by atoms with E-state index >= 15 is 0 Å². The summed E-state index contributed by atoms with van der Waals surface area (Å²) in [6.45, 7) is 3.74. The number of hydrogen-bond acceptors (Lipinski definition) is 5. The summed E-state index contributed by atoms with van der Waals surface area (Å²) < 4.78 is 0. The van der Waals surface area contributed by atoms with Crippen molar-refractivity contribution in [2.75, 3.05) is 5.43 Å². The molecule has 0 saturated heterocycles. The van der Waals surface area contributed by atoms with Gasteiger partial charge < -0.3 is 5.11 Å². The van der Waals surface area contributed by atoms with E-state index in [1.165, 1.54) is 0 Å². The number of carbonyl (C=O) groups is 1. The molecule has 20 heavy (non-hydrogen) atoms. The average molecular weight is 272 g/mol. The van der Waals surface area contributed by atoms with E-state index in [4.69, 9.17) is 5.11 Å². The summed E-state index contributed by atoms with van der Waals surface area (Å²) >= 11 is 0. The predicted molar refractivity (Wildman–Crippen MR) is 77.7 cm³/mol. The fourth-order valence-electron chi connectivity index (χ4n) is 1.79. The third-order valence-electron chi connectivity index (χ3n) is 3.15. The lowest BCUT2D eigenvalue weighted by Crippen LogP contribution is -2.22. The quantitative estimate of drug-likeness (QED) is 0.645. The van der Waals surface area contributed by atoms with Crippen LogP contribution in [-0.4, -0.2) is 27.0 Å². The lowest BCUT2D eigenvalue weighted by atomic mass is 10.0. The Hall–Kier alpha value is -2.50. The van der Waals surface area contributed by atoms with Crippen LogP contribution in [-0.2, 0) is 4.79 Å². The van der Waals surface area contributed by atoms with Crippen molar-refractivity contribution in [2.45, 2.75) is 20.3 Å². The van der Waals surface area contributed by atoms with Crippen molar-refractivity contribution in [3.05, 3.63) is 30.5 Å². The number of benzene rings is 1. The smallest absolute Gasteiger partial charge is 0.352 e. The number of hydrogen-bond donors (Lipinski definition) is 2. The Morgan fingerprint density at radius 2 is 2.20 bits per heavy atom. The molecule has 1 heterocycles. The fraction of sp³-hybridized carbons (Fsp3) is 0.286. The molecule has 0 amide bonds. The minimum atomic E-state index is -1.03. The second-order valence-electron chi connectivity index (χ2n) is 4.50. The molecule has 6 heteroatoms. The minimum Gasteiger partial charge on any atom is -0.477 e. The molecule has 0 saturated carbocycles. The largest absolute Gasteiger partial charge is 0.477 e. The summed E-state index contributed by atoms with van der Waals surface area (Å²) in [6, 6.07) is 7.57. The highest BCUT2D eigenvalue weighted by Crippen LogP contribution is 2.19. The molecular formula is C14H16N4O2. The van der Waals surface area contributed by atoms with Gasteiger partial charge in [-0.15, -0.1) is 5.10 Å². The second-order valence-corrected chi connectivity index (χ2v) is 4.50. The van der Waals surface area contributed by atoms with Crippen LogP contribution in [0.15, 0.2) is 35.6 Å². The number of nitrogens with zero attached hydrogens (tertiary/aromatic N) is 3. The van der Waals surface area contributed by atoms with E-state index in [1.807, 2.05) is 38.1 Å². The first-order valence-corrected chi connectivity index (χ1v) is 6.40. The topological polar surface area (TPSA) is 87.5 Å². The predicted octanol–water partition coefficient (Wildman–Crippen LogP) is 2.53. The van der Waals surface area contributed by atoms with Gasteiger partial charge in [-0.3, -0.25) is 5.43 Å². The van der Waals surface area contributed by atoms with E-state index in [0.29, 0.717) is 12.2 Å². The standard InChI is InChI=1S/C14H16N4O2/c1-3-9(2)12(14(19)20)16-18-13-11-7-5-4-6-10(11)8-15-17-13/h4-9H,3H2,1-2H3,(H,17,18)(H,19,20)/b16-12+. The van der Waals surface area contributed by atoms with Crippen molar-refractivity contribution in [3.63, 3.8) is 0 Å². The first-order valence-electron chi connectivity index (χ1n) is 6.40. The third-order valence-corrected chi connectivity index (χ3v) is 3.15. The highest BCUT2D eigenvalue weighted by Gasteiger charge is 2.17. The molecule has 2 N–H and O–H groups in total. The van der Waals surface area contributed by atoms with E-state index in [1.54, 1.807) is 6.20 Å². The van der Waals surface area contributed by atoms with Crippen molar-refractivity contribution >= 4 is 28.3 Å². The maximum atomic E-state index is 11.2. The van der Waals surface area contributed by atoms with Crippen molar-refractivity contribution < 1.29 is 9.90 Å². The SMILES string of the molecule is CCC(C)/C(=N\Nc1nncc2ccccc12)C(=O)O. The van der Waals surface area contributed by atoms with Gasteiger partial charge in [0, 0.05) is 16.7 Å².